The number of rotatable bonds is 6. The van der Waals surface area contributed by atoms with Crippen LogP contribution in [-0.4, -0.2) is 46.4 Å². The number of benzene rings is 3. The summed E-state index contributed by atoms with van der Waals surface area (Å²) in [6.07, 6.45) is 0.183. The van der Waals surface area contributed by atoms with Crippen LogP contribution in [-0.2, 0) is 11.3 Å². The van der Waals surface area contributed by atoms with Crippen LogP contribution in [0.3, 0.4) is 0 Å². The topological polar surface area (TPSA) is 38.2 Å². The predicted octanol–water partition coefficient (Wildman–Crippen LogP) is 6.05. The fourth-order valence-corrected chi connectivity index (χ4v) is 5.21. The summed E-state index contributed by atoms with van der Waals surface area (Å²) in [5, 5.41) is 2.10. The highest BCUT2D eigenvalue weighted by Gasteiger charge is 2.21. The lowest BCUT2D eigenvalue weighted by molar-refractivity contribution is -0.0187. The quantitative estimate of drug-likeness (QED) is 0.235. The Morgan fingerprint density at radius 1 is 0.938 bits per heavy atom. The van der Waals surface area contributed by atoms with E-state index in [4.69, 9.17) is 14.7 Å². The molecule has 3 aromatic carbocycles. The van der Waals surface area contributed by atoms with Gasteiger partial charge in [0.2, 0.25) is 0 Å². The maximum atomic E-state index is 6.10. The van der Waals surface area contributed by atoms with Crippen LogP contribution in [0.5, 0.6) is 0 Å². The molecular formula is C26H24BrN3OS. The molecule has 0 N–H and O–H groups in total. The zero-order valence-electron chi connectivity index (χ0n) is 17.7. The van der Waals surface area contributed by atoms with Crippen molar-refractivity contribution in [3.8, 4) is 11.4 Å². The number of aromatic nitrogens is 2. The normalized spacial score (nSPS) is 17.0. The highest BCUT2D eigenvalue weighted by Crippen LogP contribution is 2.30. The molecule has 0 spiro atoms. The third kappa shape index (κ3) is 5.21. The van der Waals surface area contributed by atoms with E-state index in [1.54, 1.807) is 11.8 Å². The Morgan fingerprint density at radius 3 is 2.56 bits per heavy atom. The molecule has 6 heteroatoms. The highest BCUT2D eigenvalue weighted by atomic mass is 79.9. The summed E-state index contributed by atoms with van der Waals surface area (Å²) in [6.45, 7) is 3.65. The molecule has 0 amide bonds. The molecule has 1 fully saturated rings. The summed E-state index contributed by atoms with van der Waals surface area (Å²) in [6, 6.07) is 27.0. The van der Waals surface area contributed by atoms with E-state index < -0.39 is 0 Å². The zero-order chi connectivity index (χ0) is 21.8. The second-order valence-corrected chi connectivity index (χ2v) is 9.83. The number of para-hydroxylation sites is 1. The van der Waals surface area contributed by atoms with Crippen LogP contribution in [0.2, 0.25) is 0 Å². The van der Waals surface area contributed by atoms with Gasteiger partial charge >= 0.3 is 0 Å². The van der Waals surface area contributed by atoms with E-state index in [0.29, 0.717) is 0 Å². The Morgan fingerprint density at radius 2 is 1.72 bits per heavy atom. The fraction of sp³-hybridized carbons (Fsp3) is 0.231. The molecule has 32 heavy (non-hydrogen) atoms. The molecule has 1 aromatic heterocycles. The SMILES string of the molecule is Brc1ccc(-c2nc(SCC3CN(Cc4ccccc4)CCO3)c3ccccc3n2)cc1. The van der Waals surface area contributed by atoms with Crippen molar-refractivity contribution < 1.29 is 4.74 Å². The number of hydrogen-bond acceptors (Lipinski definition) is 5. The lowest BCUT2D eigenvalue weighted by atomic mass is 10.2. The van der Waals surface area contributed by atoms with E-state index >= 15 is 0 Å². The molecule has 2 heterocycles. The van der Waals surface area contributed by atoms with Gasteiger partial charge in [-0.05, 0) is 23.8 Å². The molecular weight excluding hydrogens is 482 g/mol. The van der Waals surface area contributed by atoms with Crippen molar-refractivity contribution >= 4 is 38.6 Å². The molecule has 162 valence electrons. The fourth-order valence-electron chi connectivity index (χ4n) is 3.92. The van der Waals surface area contributed by atoms with Crippen LogP contribution in [0.4, 0.5) is 0 Å². The van der Waals surface area contributed by atoms with Gasteiger partial charge in [-0.25, -0.2) is 9.97 Å². The molecule has 4 aromatic rings. The molecule has 1 unspecified atom stereocenters. The van der Waals surface area contributed by atoms with E-state index in [1.807, 2.05) is 36.4 Å². The molecule has 4 nitrogen and oxygen atoms in total. The summed E-state index contributed by atoms with van der Waals surface area (Å²) in [4.78, 5) is 12.2. The van der Waals surface area contributed by atoms with Gasteiger partial charge in [0.25, 0.3) is 0 Å². The van der Waals surface area contributed by atoms with Crippen LogP contribution >= 0.6 is 27.7 Å². The average molecular weight is 506 g/mol. The Bertz CT molecular complexity index is 1190. The van der Waals surface area contributed by atoms with E-state index in [2.05, 4.69) is 63.3 Å². The predicted molar refractivity (Wildman–Crippen MR) is 135 cm³/mol. The van der Waals surface area contributed by atoms with Crippen LogP contribution < -0.4 is 0 Å². The molecule has 0 aliphatic carbocycles. The lowest BCUT2D eigenvalue weighted by Gasteiger charge is -2.32. The molecule has 1 atom stereocenters. The first-order valence-corrected chi connectivity index (χ1v) is 12.6. The Balaban J connectivity index is 1.32. The smallest absolute Gasteiger partial charge is 0.161 e. The Labute approximate surface area is 201 Å². The summed E-state index contributed by atoms with van der Waals surface area (Å²) in [5.74, 6) is 1.63. The number of nitrogens with zero attached hydrogens (tertiary/aromatic N) is 3. The largest absolute Gasteiger partial charge is 0.375 e. The maximum absolute atomic E-state index is 6.10. The number of thioether (sulfide) groups is 1. The molecule has 5 rings (SSSR count). The number of morpholine rings is 1. The zero-order valence-corrected chi connectivity index (χ0v) is 20.1. The first-order chi connectivity index (χ1) is 15.7. The van der Waals surface area contributed by atoms with Crippen molar-refractivity contribution in [3.63, 3.8) is 0 Å². The minimum Gasteiger partial charge on any atom is -0.375 e. The Hall–Kier alpha value is -2.25. The van der Waals surface area contributed by atoms with Gasteiger partial charge in [-0.3, -0.25) is 4.90 Å². The minimum atomic E-state index is 0.183. The summed E-state index contributed by atoms with van der Waals surface area (Å²) >= 11 is 5.27. The van der Waals surface area contributed by atoms with Gasteiger partial charge in [-0.1, -0.05) is 76.6 Å². The van der Waals surface area contributed by atoms with Crippen molar-refractivity contribution in [1.82, 2.24) is 14.9 Å². The second kappa shape index (κ2) is 10.1. The first-order valence-electron chi connectivity index (χ1n) is 10.8. The van der Waals surface area contributed by atoms with E-state index in [9.17, 15) is 0 Å². The Kier molecular flexibility index (Phi) is 6.83. The van der Waals surface area contributed by atoms with Gasteiger partial charge in [0.1, 0.15) is 5.03 Å². The van der Waals surface area contributed by atoms with Crippen LogP contribution in [0.25, 0.3) is 22.3 Å². The van der Waals surface area contributed by atoms with Crippen LogP contribution in [0, 0.1) is 0 Å². The number of hydrogen-bond donors (Lipinski definition) is 0. The van der Waals surface area contributed by atoms with Crippen molar-refractivity contribution in [1.29, 1.82) is 0 Å². The van der Waals surface area contributed by atoms with Gasteiger partial charge in [-0.15, -0.1) is 11.8 Å². The third-order valence-electron chi connectivity index (χ3n) is 5.55. The van der Waals surface area contributed by atoms with Gasteiger partial charge in [-0.2, -0.15) is 0 Å². The van der Waals surface area contributed by atoms with Gasteiger partial charge in [0.05, 0.1) is 18.2 Å². The molecule has 1 aliphatic rings. The molecule has 1 saturated heterocycles. The third-order valence-corrected chi connectivity index (χ3v) is 7.20. The summed E-state index contributed by atoms with van der Waals surface area (Å²) < 4.78 is 7.14. The molecule has 0 radical (unpaired) electrons. The molecule has 0 saturated carbocycles. The molecule has 1 aliphatic heterocycles. The average Bonchev–Trinajstić information content (AvgIpc) is 2.84. The summed E-state index contributed by atoms with van der Waals surface area (Å²) in [7, 11) is 0. The van der Waals surface area contributed by atoms with Crippen LogP contribution in [0.15, 0.2) is 88.4 Å². The standard InChI is InChI=1S/C26H24BrN3OS/c27-21-12-10-20(11-13-21)25-28-24-9-5-4-8-23(24)26(29-25)32-18-22-17-30(14-15-31-22)16-19-6-2-1-3-7-19/h1-13,22H,14-18H2. The van der Waals surface area contributed by atoms with Crippen LogP contribution in [0.1, 0.15) is 5.56 Å². The maximum Gasteiger partial charge on any atom is 0.161 e. The van der Waals surface area contributed by atoms with Crippen molar-refractivity contribution in [2.24, 2.45) is 0 Å². The van der Waals surface area contributed by atoms with E-state index in [0.717, 1.165) is 63.8 Å². The van der Waals surface area contributed by atoms with E-state index in [-0.39, 0.29) is 6.10 Å². The first kappa shape index (κ1) is 21.6. The van der Waals surface area contributed by atoms with Gasteiger partial charge < -0.3 is 4.74 Å². The number of fused-ring (bicyclic) bond motifs is 1. The lowest BCUT2D eigenvalue weighted by Crippen LogP contribution is -2.43. The van der Waals surface area contributed by atoms with E-state index in [1.165, 1.54) is 5.56 Å². The van der Waals surface area contributed by atoms with Crippen molar-refractivity contribution in [2.45, 2.75) is 17.7 Å². The second-order valence-electron chi connectivity index (χ2n) is 7.90. The summed E-state index contributed by atoms with van der Waals surface area (Å²) in [5.41, 5.74) is 3.34. The van der Waals surface area contributed by atoms with Crippen molar-refractivity contribution in [3.05, 3.63) is 88.9 Å². The minimum absolute atomic E-state index is 0.183. The monoisotopic (exact) mass is 505 g/mol. The van der Waals surface area contributed by atoms with Crippen molar-refractivity contribution in [2.75, 3.05) is 25.4 Å². The van der Waals surface area contributed by atoms with Gasteiger partial charge in [0, 0.05) is 40.8 Å². The number of halogens is 1. The van der Waals surface area contributed by atoms with Gasteiger partial charge in [0.15, 0.2) is 5.82 Å². The number of ether oxygens (including phenoxy) is 1. The highest BCUT2D eigenvalue weighted by molar-refractivity contribution is 9.10. The molecule has 0 bridgehead atoms.